The standard InChI is InChI=1S/C21H24N2O4/c1-4-23(5-2)21(26)16-10-12-17(13-11-16)22-20(25)14-27-19-9-7-6-8-18(19)15(3)24/h6-13H,4-5,14H2,1-3H3,(H,22,25). The molecule has 0 aliphatic heterocycles. The molecule has 0 radical (unpaired) electrons. The van der Waals surface area contributed by atoms with E-state index in [1.54, 1.807) is 53.4 Å². The van der Waals surface area contributed by atoms with Gasteiger partial charge in [-0.05, 0) is 57.2 Å². The minimum Gasteiger partial charge on any atom is -0.483 e. The van der Waals surface area contributed by atoms with Crippen molar-refractivity contribution < 1.29 is 19.1 Å². The van der Waals surface area contributed by atoms with Gasteiger partial charge >= 0.3 is 0 Å². The second-order valence-electron chi connectivity index (χ2n) is 5.94. The number of Topliss-reactive ketones (excluding diaryl/α,β-unsaturated/α-hetero) is 1. The maximum Gasteiger partial charge on any atom is 0.262 e. The molecular weight excluding hydrogens is 344 g/mol. The number of benzene rings is 2. The van der Waals surface area contributed by atoms with E-state index in [0.717, 1.165) is 0 Å². The van der Waals surface area contributed by atoms with Crippen LogP contribution in [0, 0.1) is 0 Å². The fourth-order valence-corrected chi connectivity index (χ4v) is 2.61. The van der Waals surface area contributed by atoms with Crippen LogP contribution in [0.15, 0.2) is 48.5 Å². The van der Waals surface area contributed by atoms with Gasteiger partial charge in [-0.3, -0.25) is 14.4 Å². The lowest BCUT2D eigenvalue weighted by Gasteiger charge is -2.18. The number of hydrogen-bond donors (Lipinski definition) is 1. The molecule has 142 valence electrons. The van der Waals surface area contributed by atoms with Crippen molar-refractivity contribution in [2.45, 2.75) is 20.8 Å². The Hall–Kier alpha value is -3.15. The van der Waals surface area contributed by atoms with Crippen molar-refractivity contribution in [1.29, 1.82) is 0 Å². The zero-order chi connectivity index (χ0) is 19.8. The molecule has 2 rings (SSSR count). The van der Waals surface area contributed by atoms with Crippen molar-refractivity contribution in [3.05, 3.63) is 59.7 Å². The largest absolute Gasteiger partial charge is 0.483 e. The van der Waals surface area contributed by atoms with Crippen LogP contribution in [0.25, 0.3) is 0 Å². The molecule has 0 heterocycles. The van der Waals surface area contributed by atoms with Gasteiger partial charge in [-0.1, -0.05) is 12.1 Å². The molecule has 6 nitrogen and oxygen atoms in total. The molecular formula is C21H24N2O4. The summed E-state index contributed by atoms with van der Waals surface area (Å²) in [5.41, 5.74) is 1.58. The van der Waals surface area contributed by atoms with E-state index < -0.39 is 0 Å². The van der Waals surface area contributed by atoms with Gasteiger partial charge in [0, 0.05) is 24.3 Å². The minimum atomic E-state index is -0.351. The van der Waals surface area contributed by atoms with Gasteiger partial charge in [-0.25, -0.2) is 0 Å². The van der Waals surface area contributed by atoms with Crippen LogP contribution in [0.4, 0.5) is 5.69 Å². The highest BCUT2D eigenvalue weighted by Crippen LogP contribution is 2.18. The Labute approximate surface area is 159 Å². The fraction of sp³-hybridized carbons (Fsp3) is 0.286. The zero-order valence-electron chi connectivity index (χ0n) is 15.8. The highest BCUT2D eigenvalue weighted by Gasteiger charge is 2.13. The minimum absolute atomic E-state index is 0.0398. The van der Waals surface area contributed by atoms with Crippen LogP contribution in [-0.4, -0.2) is 42.2 Å². The quantitative estimate of drug-likeness (QED) is 0.725. The molecule has 0 aliphatic carbocycles. The van der Waals surface area contributed by atoms with E-state index >= 15 is 0 Å². The Kier molecular flexibility index (Phi) is 7.11. The number of hydrogen-bond acceptors (Lipinski definition) is 4. The predicted octanol–water partition coefficient (Wildman–Crippen LogP) is 3.39. The van der Waals surface area contributed by atoms with Crippen molar-refractivity contribution in [2.24, 2.45) is 0 Å². The second-order valence-corrected chi connectivity index (χ2v) is 5.94. The number of carbonyl (C=O) groups excluding carboxylic acids is 3. The topological polar surface area (TPSA) is 75.7 Å². The average molecular weight is 368 g/mol. The maximum absolute atomic E-state index is 12.3. The number of nitrogens with zero attached hydrogens (tertiary/aromatic N) is 1. The molecule has 2 aromatic rings. The number of nitrogens with one attached hydrogen (secondary N) is 1. The Balaban J connectivity index is 1.95. The molecule has 0 spiro atoms. The first kappa shape index (κ1) is 20.2. The van der Waals surface area contributed by atoms with Gasteiger partial charge in [-0.15, -0.1) is 0 Å². The van der Waals surface area contributed by atoms with Crippen molar-refractivity contribution in [3.63, 3.8) is 0 Å². The van der Waals surface area contributed by atoms with Gasteiger partial charge in [0.25, 0.3) is 11.8 Å². The molecule has 0 unspecified atom stereocenters. The summed E-state index contributed by atoms with van der Waals surface area (Å²) in [6, 6.07) is 13.5. The molecule has 0 fully saturated rings. The van der Waals surface area contributed by atoms with Gasteiger partial charge in [0.05, 0.1) is 5.56 Å². The number of anilines is 1. The van der Waals surface area contributed by atoms with Crippen LogP contribution in [0.1, 0.15) is 41.5 Å². The maximum atomic E-state index is 12.3. The van der Waals surface area contributed by atoms with E-state index in [1.807, 2.05) is 13.8 Å². The number of ether oxygens (including phenoxy) is 1. The molecule has 0 aromatic heterocycles. The van der Waals surface area contributed by atoms with Crippen LogP contribution in [-0.2, 0) is 4.79 Å². The van der Waals surface area contributed by atoms with Gasteiger partial charge in [0.1, 0.15) is 5.75 Å². The lowest BCUT2D eigenvalue weighted by atomic mass is 10.1. The Morgan fingerprint density at radius 1 is 0.963 bits per heavy atom. The van der Waals surface area contributed by atoms with Crippen molar-refractivity contribution in [3.8, 4) is 5.75 Å². The molecule has 0 bridgehead atoms. The molecule has 0 saturated carbocycles. The van der Waals surface area contributed by atoms with E-state index in [1.165, 1.54) is 6.92 Å². The highest BCUT2D eigenvalue weighted by molar-refractivity contribution is 5.97. The molecule has 0 aliphatic rings. The van der Waals surface area contributed by atoms with Crippen LogP contribution in [0.5, 0.6) is 5.75 Å². The number of carbonyl (C=O) groups is 3. The van der Waals surface area contributed by atoms with E-state index in [2.05, 4.69) is 5.32 Å². The molecule has 6 heteroatoms. The second kappa shape index (κ2) is 9.52. The van der Waals surface area contributed by atoms with Crippen LogP contribution >= 0.6 is 0 Å². The van der Waals surface area contributed by atoms with E-state index in [0.29, 0.717) is 35.7 Å². The number of rotatable bonds is 8. The summed E-state index contributed by atoms with van der Waals surface area (Å²) >= 11 is 0. The van der Waals surface area contributed by atoms with E-state index in [9.17, 15) is 14.4 Å². The average Bonchev–Trinajstić information content (AvgIpc) is 2.68. The van der Waals surface area contributed by atoms with Crippen LogP contribution < -0.4 is 10.1 Å². The Bertz CT molecular complexity index is 811. The normalized spacial score (nSPS) is 10.2. The molecule has 2 aromatic carbocycles. The SMILES string of the molecule is CCN(CC)C(=O)c1ccc(NC(=O)COc2ccccc2C(C)=O)cc1. The summed E-state index contributed by atoms with van der Waals surface area (Å²) < 4.78 is 5.46. The molecule has 1 N–H and O–H groups in total. The first-order chi connectivity index (χ1) is 13.0. The van der Waals surface area contributed by atoms with Gasteiger partial charge in [0.2, 0.25) is 0 Å². The molecule has 0 saturated heterocycles. The van der Waals surface area contributed by atoms with Gasteiger partial charge in [0.15, 0.2) is 12.4 Å². The van der Waals surface area contributed by atoms with E-state index in [-0.39, 0.29) is 24.2 Å². The first-order valence-electron chi connectivity index (χ1n) is 8.88. The summed E-state index contributed by atoms with van der Waals surface area (Å²) in [5, 5.41) is 2.71. The summed E-state index contributed by atoms with van der Waals surface area (Å²) in [6.07, 6.45) is 0. The third-order valence-corrected chi connectivity index (χ3v) is 4.09. The lowest BCUT2D eigenvalue weighted by Crippen LogP contribution is -2.30. The van der Waals surface area contributed by atoms with Crippen molar-refractivity contribution >= 4 is 23.3 Å². The monoisotopic (exact) mass is 368 g/mol. The molecule has 0 atom stereocenters. The smallest absolute Gasteiger partial charge is 0.262 e. The van der Waals surface area contributed by atoms with E-state index in [4.69, 9.17) is 4.74 Å². The van der Waals surface area contributed by atoms with Crippen molar-refractivity contribution in [1.82, 2.24) is 4.90 Å². The third kappa shape index (κ3) is 5.41. The number of ketones is 1. The summed E-state index contributed by atoms with van der Waals surface area (Å²) in [5.74, 6) is -0.141. The zero-order valence-corrected chi connectivity index (χ0v) is 15.8. The summed E-state index contributed by atoms with van der Waals surface area (Å²) in [6.45, 7) is 6.38. The summed E-state index contributed by atoms with van der Waals surface area (Å²) in [4.78, 5) is 37.7. The Morgan fingerprint density at radius 2 is 1.59 bits per heavy atom. The lowest BCUT2D eigenvalue weighted by molar-refractivity contribution is -0.118. The van der Waals surface area contributed by atoms with Gasteiger partial charge < -0.3 is 15.0 Å². The molecule has 2 amide bonds. The molecule has 27 heavy (non-hydrogen) atoms. The number of amides is 2. The summed E-state index contributed by atoms with van der Waals surface area (Å²) in [7, 11) is 0. The van der Waals surface area contributed by atoms with Gasteiger partial charge in [-0.2, -0.15) is 0 Å². The number of para-hydroxylation sites is 1. The highest BCUT2D eigenvalue weighted by atomic mass is 16.5. The van der Waals surface area contributed by atoms with Crippen molar-refractivity contribution in [2.75, 3.05) is 25.0 Å². The first-order valence-corrected chi connectivity index (χ1v) is 8.88. The van der Waals surface area contributed by atoms with Crippen LogP contribution in [0.2, 0.25) is 0 Å². The van der Waals surface area contributed by atoms with Crippen LogP contribution in [0.3, 0.4) is 0 Å². The fourth-order valence-electron chi connectivity index (χ4n) is 2.61. The Morgan fingerprint density at radius 3 is 2.19 bits per heavy atom. The third-order valence-electron chi connectivity index (χ3n) is 4.09. The predicted molar refractivity (Wildman–Crippen MR) is 104 cm³/mol.